The third kappa shape index (κ3) is 3.97. The molecule has 20 heavy (non-hydrogen) atoms. The predicted molar refractivity (Wildman–Crippen MR) is 79.1 cm³/mol. The fourth-order valence-electron chi connectivity index (χ4n) is 2.71. The lowest BCUT2D eigenvalue weighted by molar-refractivity contribution is -0.0337. The molecule has 2 atom stereocenters. The number of nitrogens with one attached hydrogen (secondary N) is 1. The molecule has 1 fully saturated rings. The Hall–Kier alpha value is -1.55. The van der Waals surface area contributed by atoms with Gasteiger partial charge in [0.1, 0.15) is 0 Å². The minimum absolute atomic E-state index is 0.268. The second kappa shape index (κ2) is 6.75. The first-order chi connectivity index (χ1) is 9.58. The maximum absolute atomic E-state index is 11.7. The smallest absolute Gasteiger partial charge is 0.338 e. The van der Waals surface area contributed by atoms with E-state index in [2.05, 4.69) is 19.2 Å². The molecule has 0 spiro atoms. The Kier molecular flexibility index (Phi) is 5.01. The number of ether oxygens (including phenoxy) is 2. The molecule has 0 aliphatic carbocycles. The molecule has 1 N–H and O–H groups in total. The number of esters is 1. The van der Waals surface area contributed by atoms with Crippen molar-refractivity contribution in [3.8, 4) is 0 Å². The Morgan fingerprint density at radius 1 is 1.35 bits per heavy atom. The van der Waals surface area contributed by atoms with Crippen LogP contribution in [0.1, 0.15) is 44.0 Å². The molecule has 1 aromatic carbocycles. The van der Waals surface area contributed by atoms with Crippen molar-refractivity contribution in [1.82, 2.24) is 0 Å². The molecule has 0 amide bonds. The van der Waals surface area contributed by atoms with Crippen LogP contribution in [0, 0.1) is 0 Å². The van der Waals surface area contributed by atoms with Crippen LogP contribution in [-0.2, 0) is 9.47 Å². The number of anilines is 1. The van der Waals surface area contributed by atoms with Gasteiger partial charge in [0.25, 0.3) is 0 Å². The van der Waals surface area contributed by atoms with Gasteiger partial charge >= 0.3 is 5.97 Å². The summed E-state index contributed by atoms with van der Waals surface area (Å²) in [5.74, 6) is -0.273. The molecule has 0 aromatic heterocycles. The van der Waals surface area contributed by atoms with Crippen LogP contribution in [0.2, 0.25) is 0 Å². The van der Waals surface area contributed by atoms with Crippen molar-refractivity contribution in [2.45, 2.75) is 51.9 Å². The lowest BCUT2D eigenvalue weighted by atomic mass is 9.99. The molecule has 4 nitrogen and oxygen atoms in total. The van der Waals surface area contributed by atoms with Gasteiger partial charge < -0.3 is 14.8 Å². The Morgan fingerprint density at radius 2 is 2.05 bits per heavy atom. The Balaban J connectivity index is 2.02. The highest BCUT2D eigenvalue weighted by atomic mass is 16.5. The van der Waals surface area contributed by atoms with Crippen molar-refractivity contribution in [3.05, 3.63) is 29.8 Å². The summed E-state index contributed by atoms with van der Waals surface area (Å²) in [7, 11) is 0. The van der Waals surface area contributed by atoms with Crippen molar-refractivity contribution < 1.29 is 14.3 Å². The van der Waals surface area contributed by atoms with Gasteiger partial charge in [-0.1, -0.05) is 6.07 Å². The summed E-state index contributed by atoms with van der Waals surface area (Å²) in [5, 5.41) is 3.49. The first-order valence-electron chi connectivity index (χ1n) is 7.27. The Morgan fingerprint density at radius 3 is 2.70 bits per heavy atom. The number of hydrogen-bond acceptors (Lipinski definition) is 4. The zero-order valence-electron chi connectivity index (χ0n) is 12.4. The van der Waals surface area contributed by atoms with Crippen LogP contribution in [0.3, 0.4) is 0 Å². The molecule has 1 saturated heterocycles. The quantitative estimate of drug-likeness (QED) is 0.858. The second-order valence-electron chi connectivity index (χ2n) is 5.37. The summed E-state index contributed by atoms with van der Waals surface area (Å²) in [6.45, 7) is 6.40. The first-order valence-corrected chi connectivity index (χ1v) is 7.27. The monoisotopic (exact) mass is 277 g/mol. The molecule has 2 rings (SSSR count). The highest BCUT2D eigenvalue weighted by molar-refractivity contribution is 5.90. The van der Waals surface area contributed by atoms with Crippen LogP contribution in [0.15, 0.2) is 24.3 Å². The van der Waals surface area contributed by atoms with Gasteiger partial charge in [0.05, 0.1) is 24.4 Å². The van der Waals surface area contributed by atoms with Crippen molar-refractivity contribution in [2.75, 3.05) is 11.9 Å². The highest BCUT2D eigenvalue weighted by Gasteiger charge is 2.24. The van der Waals surface area contributed by atoms with Crippen molar-refractivity contribution in [2.24, 2.45) is 0 Å². The summed E-state index contributed by atoms with van der Waals surface area (Å²) in [5.41, 5.74) is 1.55. The lowest BCUT2D eigenvalue weighted by Crippen LogP contribution is -2.36. The summed E-state index contributed by atoms with van der Waals surface area (Å²) in [6, 6.07) is 7.86. The van der Waals surface area contributed by atoms with Gasteiger partial charge in [-0.25, -0.2) is 4.79 Å². The molecule has 110 valence electrons. The minimum atomic E-state index is -0.273. The second-order valence-corrected chi connectivity index (χ2v) is 5.37. The van der Waals surface area contributed by atoms with Crippen LogP contribution in [-0.4, -0.2) is 30.8 Å². The van der Waals surface area contributed by atoms with Gasteiger partial charge in [-0.2, -0.15) is 0 Å². The first kappa shape index (κ1) is 14.9. The number of hydrogen-bond donors (Lipinski definition) is 1. The van der Waals surface area contributed by atoms with Crippen LogP contribution in [0.5, 0.6) is 0 Å². The molecule has 1 aromatic rings. The van der Waals surface area contributed by atoms with Gasteiger partial charge in [0.2, 0.25) is 0 Å². The number of rotatable bonds is 4. The summed E-state index contributed by atoms with van der Waals surface area (Å²) in [4.78, 5) is 11.7. The Bertz CT molecular complexity index is 451. The van der Waals surface area contributed by atoms with Gasteiger partial charge in [0, 0.05) is 11.7 Å². The third-order valence-electron chi connectivity index (χ3n) is 3.44. The molecule has 4 heteroatoms. The molecule has 0 saturated carbocycles. The zero-order chi connectivity index (χ0) is 14.5. The largest absolute Gasteiger partial charge is 0.462 e. The summed E-state index contributed by atoms with van der Waals surface area (Å²) >= 11 is 0. The van der Waals surface area contributed by atoms with Gasteiger partial charge in [0.15, 0.2) is 0 Å². The van der Waals surface area contributed by atoms with Crippen molar-refractivity contribution in [3.63, 3.8) is 0 Å². The maximum Gasteiger partial charge on any atom is 0.338 e. The molecule has 2 unspecified atom stereocenters. The van der Waals surface area contributed by atoms with E-state index >= 15 is 0 Å². The predicted octanol–water partition coefficient (Wildman–Crippen LogP) is 3.23. The molecular weight excluding hydrogens is 254 g/mol. The normalized spacial score (nSPS) is 26.1. The molecule has 0 bridgehead atoms. The molecule has 0 radical (unpaired) electrons. The van der Waals surface area contributed by atoms with E-state index in [1.807, 2.05) is 25.1 Å². The van der Waals surface area contributed by atoms with E-state index in [0.717, 1.165) is 18.5 Å². The molecule has 1 heterocycles. The number of benzene rings is 1. The fourth-order valence-corrected chi connectivity index (χ4v) is 2.71. The third-order valence-corrected chi connectivity index (χ3v) is 3.44. The van der Waals surface area contributed by atoms with E-state index in [-0.39, 0.29) is 18.2 Å². The molecule has 1 aliphatic heterocycles. The minimum Gasteiger partial charge on any atom is -0.462 e. The fraction of sp³-hybridized carbons (Fsp3) is 0.562. The van der Waals surface area contributed by atoms with E-state index in [1.165, 1.54) is 0 Å². The SMILES string of the molecule is CCOC(=O)c1cccc(NC2CC(C)OC(C)C2)c1. The number of carbonyl (C=O) groups is 1. The highest BCUT2D eigenvalue weighted by Crippen LogP contribution is 2.23. The zero-order valence-corrected chi connectivity index (χ0v) is 12.4. The van der Waals surface area contributed by atoms with Crippen LogP contribution >= 0.6 is 0 Å². The van der Waals surface area contributed by atoms with Crippen molar-refractivity contribution in [1.29, 1.82) is 0 Å². The summed E-state index contributed by atoms with van der Waals surface area (Å²) < 4.78 is 10.8. The molecular formula is C16H23NO3. The topological polar surface area (TPSA) is 47.6 Å². The van der Waals surface area contributed by atoms with Gasteiger partial charge in [-0.15, -0.1) is 0 Å². The molecule has 1 aliphatic rings. The van der Waals surface area contributed by atoms with E-state index in [9.17, 15) is 4.79 Å². The van der Waals surface area contributed by atoms with E-state index in [4.69, 9.17) is 9.47 Å². The van der Waals surface area contributed by atoms with Crippen LogP contribution in [0.25, 0.3) is 0 Å². The van der Waals surface area contributed by atoms with E-state index < -0.39 is 0 Å². The average molecular weight is 277 g/mol. The Labute approximate surface area is 120 Å². The van der Waals surface area contributed by atoms with Gasteiger partial charge in [-0.05, 0) is 51.8 Å². The summed E-state index contributed by atoms with van der Waals surface area (Å²) in [6.07, 6.45) is 2.50. The standard InChI is InChI=1S/C16H23NO3/c1-4-19-16(18)13-6-5-7-14(10-13)17-15-8-11(2)20-12(3)9-15/h5-7,10-12,15,17H,4,8-9H2,1-3H3. The van der Waals surface area contributed by atoms with Crippen LogP contribution < -0.4 is 5.32 Å². The van der Waals surface area contributed by atoms with Crippen LogP contribution in [0.4, 0.5) is 5.69 Å². The van der Waals surface area contributed by atoms with Crippen molar-refractivity contribution >= 4 is 11.7 Å². The van der Waals surface area contributed by atoms with E-state index in [1.54, 1.807) is 6.07 Å². The van der Waals surface area contributed by atoms with E-state index in [0.29, 0.717) is 18.2 Å². The van der Waals surface area contributed by atoms with Gasteiger partial charge in [-0.3, -0.25) is 0 Å². The lowest BCUT2D eigenvalue weighted by Gasteiger charge is -2.33. The average Bonchev–Trinajstić information content (AvgIpc) is 2.38. The maximum atomic E-state index is 11.7. The number of carbonyl (C=O) groups excluding carboxylic acids is 1.